The predicted octanol–water partition coefficient (Wildman–Crippen LogP) is 10.7. The molecule has 0 nitrogen and oxygen atoms in total. The van der Waals surface area contributed by atoms with Crippen molar-refractivity contribution < 1.29 is 0 Å². The van der Waals surface area contributed by atoms with Crippen LogP contribution in [-0.4, -0.2) is 5.16 Å². The lowest BCUT2D eigenvalue weighted by atomic mass is 9.87. The molecular formula is C34H27PS3. The highest BCUT2D eigenvalue weighted by molar-refractivity contribution is 9.04. The van der Waals surface area contributed by atoms with Gasteiger partial charge in [-0.2, -0.15) is 0 Å². The standard InChI is InChI=1S/C34H27PS3/c36-35-34(24-23-28-15-7-2-8-16-28,26-33(38-35)30-19-11-4-12-20-30)31(22-21-27-13-5-1-6-14-27)25-32(37-35)29-17-9-3-10-18-29/h1-26,31H/b22-21+,24-23+. The van der Waals surface area contributed by atoms with E-state index in [1.165, 1.54) is 32.1 Å². The van der Waals surface area contributed by atoms with Crippen molar-refractivity contribution in [2.75, 3.05) is 0 Å². The van der Waals surface area contributed by atoms with Crippen LogP contribution in [0.1, 0.15) is 22.3 Å². The monoisotopic (exact) mass is 562 g/mol. The zero-order chi connectivity index (χ0) is 25.8. The molecule has 0 bridgehead atoms. The summed E-state index contributed by atoms with van der Waals surface area (Å²) in [4.78, 5) is 2.58. The molecule has 4 heteroatoms. The SMILES string of the molecule is S=P12SC(c3ccccc3)=CC(/C=C/c3ccccc3)C1(/C=C/c1ccccc1)C=C(c1ccccc1)S2. The molecule has 2 aliphatic rings. The lowest BCUT2D eigenvalue weighted by Crippen LogP contribution is -2.30. The van der Waals surface area contributed by atoms with E-state index in [2.05, 4.69) is 158 Å². The van der Waals surface area contributed by atoms with E-state index < -0.39 is 4.44 Å². The van der Waals surface area contributed by atoms with Gasteiger partial charge in [0.15, 0.2) is 0 Å². The molecule has 38 heavy (non-hydrogen) atoms. The van der Waals surface area contributed by atoms with E-state index in [9.17, 15) is 0 Å². The summed E-state index contributed by atoms with van der Waals surface area (Å²) in [6, 6.07) is 42.6. The minimum atomic E-state index is -2.10. The molecule has 0 fully saturated rings. The Kier molecular flexibility index (Phi) is 7.45. The van der Waals surface area contributed by atoms with Crippen LogP contribution in [0.5, 0.6) is 0 Å². The Balaban J connectivity index is 1.54. The molecule has 4 aromatic carbocycles. The molecule has 0 aliphatic carbocycles. The Bertz CT molecular complexity index is 1530. The van der Waals surface area contributed by atoms with Gasteiger partial charge in [-0.05, 0) is 22.3 Å². The third-order valence-corrected chi connectivity index (χ3v) is 18.2. The fourth-order valence-electron chi connectivity index (χ4n) is 4.88. The Morgan fingerprint density at radius 2 is 1.08 bits per heavy atom. The lowest BCUT2D eigenvalue weighted by Gasteiger charge is -2.42. The van der Waals surface area contributed by atoms with E-state index in [4.69, 9.17) is 11.8 Å². The highest BCUT2D eigenvalue weighted by Crippen LogP contribution is 2.89. The molecule has 2 heterocycles. The summed E-state index contributed by atoms with van der Waals surface area (Å²) in [6.07, 6.45) is 14.3. The average molecular weight is 563 g/mol. The van der Waals surface area contributed by atoms with Crippen molar-refractivity contribution in [1.82, 2.24) is 0 Å². The second kappa shape index (κ2) is 11.1. The first kappa shape index (κ1) is 25.5. The number of benzene rings is 4. The van der Waals surface area contributed by atoms with E-state index in [-0.39, 0.29) is 11.1 Å². The van der Waals surface area contributed by atoms with Crippen molar-refractivity contribution in [2.45, 2.75) is 5.16 Å². The van der Waals surface area contributed by atoms with Gasteiger partial charge in [0.1, 0.15) is 0 Å². The van der Waals surface area contributed by atoms with Crippen LogP contribution < -0.4 is 0 Å². The molecule has 3 unspecified atom stereocenters. The summed E-state index contributed by atoms with van der Waals surface area (Å²) in [7, 11) is 0. The molecule has 0 saturated heterocycles. The smallest absolute Gasteiger partial charge is 0.0760 e. The maximum absolute atomic E-state index is 6.79. The van der Waals surface area contributed by atoms with Crippen molar-refractivity contribution >= 4 is 61.0 Å². The number of hydrogen-bond acceptors (Lipinski definition) is 3. The third kappa shape index (κ3) is 5.09. The first-order chi connectivity index (χ1) is 18.7. The van der Waals surface area contributed by atoms with Crippen molar-refractivity contribution in [3.63, 3.8) is 0 Å². The summed E-state index contributed by atoms with van der Waals surface area (Å²) in [5.41, 5.74) is 4.89. The zero-order valence-corrected chi connectivity index (χ0v) is 24.1. The van der Waals surface area contributed by atoms with Gasteiger partial charge in [0.2, 0.25) is 0 Å². The van der Waals surface area contributed by atoms with Crippen LogP contribution in [-0.2, 0) is 11.8 Å². The highest BCUT2D eigenvalue weighted by Gasteiger charge is 2.54. The molecule has 186 valence electrons. The Labute approximate surface area is 238 Å². The maximum Gasteiger partial charge on any atom is 0.0805 e. The van der Waals surface area contributed by atoms with Gasteiger partial charge >= 0.3 is 0 Å². The second-order valence-electron chi connectivity index (χ2n) is 9.38. The summed E-state index contributed by atoms with van der Waals surface area (Å²) < 4.78 is -2.10. The molecule has 0 saturated carbocycles. The van der Waals surface area contributed by atoms with Crippen LogP contribution in [0.25, 0.3) is 22.0 Å². The molecule has 4 aromatic rings. The average Bonchev–Trinajstić information content (AvgIpc) is 3.30. The van der Waals surface area contributed by atoms with E-state index in [0.29, 0.717) is 0 Å². The van der Waals surface area contributed by atoms with Gasteiger partial charge in [0, 0.05) is 15.7 Å². The maximum atomic E-state index is 6.79. The minimum absolute atomic E-state index is 0.124. The van der Waals surface area contributed by atoms with Gasteiger partial charge in [-0.15, -0.1) is 0 Å². The van der Waals surface area contributed by atoms with Crippen LogP contribution in [0.3, 0.4) is 0 Å². The molecule has 6 rings (SSSR count). The van der Waals surface area contributed by atoms with Crippen molar-refractivity contribution in [2.24, 2.45) is 5.92 Å². The number of hydrogen-bond donors (Lipinski definition) is 0. The Morgan fingerprint density at radius 1 is 0.605 bits per heavy atom. The molecule has 0 N–H and O–H groups in total. The van der Waals surface area contributed by atoms with Crippen LogP contribution >= 0.6 is 27.2 Å². The molecular weight excluding hydrogens is 536 g/mol. The first-order valence-corrected chi connectivity index (χ1v) is 18.3. The largest absolute Gasteiger partial charge is 0.0805 e. The van der Waals surface area contributed by atoms with E-state index in [1.54, 1.807) is 0 Å². The predicted molar refractivity (Wildman–Crippen MR) is 175 cm³/mol. The number of rotatable bonds is 6. The molecule has 3 atom stereocenters. The topological polar surface area (TPSA) is 0 Å². The van der Waals surface area contributed by atoms with Gasteiger partial charge in [-0.25, -0.2) is 0 Å². The van der Waals surface area contributed by atoms with Gasteiger partial charge in [-0.3, -0.25) is 0 Å². The molecule has 0 amide bonds. The number of fused-ring (bicyclic) bond motifs is 1. The van der Waals surface area contributed by atoms with Crippen molar-refractivity contribution in [3.05, 3.63) is 168 Å². The number of allylic oxidation sites excluding steroid dienone is 4. The van der Waals surface area contributed by atoms with Crippen molar-refractivity contribution in [3.8, 4) is 0 Å². The van der Waals surface area contributed by atoms with Crippen molar-refractivity contribution in [1.29, 1.82) is 0 Å². The minimum Gasteiger partial charge on any atom is -0.0760 e. The quantitative estimate of drug-likeness (QED) is 0.215. The zero-order valence-electron chi connectivity index (χ0n) is 20.8. The fraction of sp³-hybridized carbons (Fsp3) is 0.0588. The third-order valence-electron chi connectivity index (χ3n) is 6.89. The fourth-order valence-corrected chi connectivity index (χ4v) is 16.8. The van der Waals surface area contributed by atoms with Gasteiger partial charge in [-0.1, -0.05) is 192 Å². The summed E-state index contributed by atoms with van der Waals surface area (Å²) in [5, 5.41) is -0.289. The van der Waals surface area contributed by atoms with E-state index in [0.717, 1.165) is 0 Å². The van der Waals surface area contributed by atoms with E-state index in [1.807, 2.05) is 22.8 Å². The normalized spacial score (nSPS) is 24.8. The van der Waals surface area contributed by atoms with Gasteiger partial charge in [0.25, 0.3) is 0 Å². The molecule has 0 radical (unpaired) electrons. The highest BCUT2D eigenvalue weighted by atomic mass is 33.2. The Morgan fingerprint density at radius 3 is 1.66 bits per heavy atom. The van der Waals surface area contributed by atoms with Gasteiger partial charge in [0.05, 0.1) is 9.60 Å². The first-order valence-electron chi connectivity index (χ1n) is 12.7. The van der Waals surface area contributed by atoms with Crippen LogP contribution in [0, 0.1) is 5.92 Å². The second-order valence-corrected chi connectivity index (χ2v) is 20.5. The summed E-state index contributed by atoms with van der Waals surface area (Å²) >= 11 is 10.6. The van der Waals surface area contributed by atoms with Crippen LogP contribution in [0.4, 0.5) is 0 Å². The van der Waals surface area contributed by atoms with Gasteiger partial charge < -0.3 is 0 Å². The lowest BCUT2D eigenvalue weighted by molar-refractivity contribution is 0.731. The Hall–Kier alpha value is -2.81. The van der Waals surface area contributed by atoms with Crippen LogP contribution in [0.2, 0.25) is 0 Å². The molecule has 0 spiro atoms. The van der Waals surface area contributed by atoms with Crippen LogP contribution in [0.15, 0.2) is 146 Å². The molecule has 0 aromatic heterocycles. The molecule has 2 aliphatic heterocycles. The van der Waals surface area contributed by atoms with E-state index >= 15 is 0 Å². The summed E-state index contributed by atoms with van der Waals surface area (Å²) in [5.74, 6) is 0.124. The summed E-state index contributed by atoms with van der Waals surface area (Å²) in [6.45, 7) is 0.